The number of aromatic nitrogens is 1. The summed E-state index contributed by atoms with van der Waals surface area (Å²) in [6.07, 6.45) is -1.23. The van der Waals surface area contributed by atoms with Crippen LogP contribution in [0.1, 0.15) is 26.5 Å². The summed E-state index contributed by atoms with van der Waals surface area (Å²) in [6.45, 7) is 5.54. The summed E-state index contributed by atoms with van der Waals surface area (Å²) in [4.78, 5) is 39.4. The molecule has 0 spiro atoms. The van der Waals surface area contributed by atoms with E-state index in [1.807, 2.05) is 13.0 Å². The van der Waals surface area contributed by atoms with Crippen LogP contribution >= 0.6 is 11.8 Å². The Hall–Kier alpha value is -3.01. The number of carbonyl (C=O) groups excluding carboxylic acids is 3. The minimum Gasteiger partial charge on any atom is -0.473 e. The lowest BCUT2D eigenvalue weighted by Crippen LogP contribution is -2.55. The smallest absolute Gasteiger partial charge is 0.303 e. The Kier molecular flexibility index (Phi) is 7.21. The van der Waals surface area contributed by atoms with Gasteiger partial charge in [0, 0.05) is 32.7 Å². The van der Waals surface area contributed by atoms with Crippen LogP contribution in [0, 0.1) is 6.92 Å². The molecule has 0 aliphatic carbocycles. The first-order chi connectivity index (χ1) is 14.7. The van der Waals surface area contributed by atoms with E-state index in [4.69, 9.17) is 23.4 Å². The third kappa shape index (κ3) is 5.78. The number of ether oxygens (including phenoxy) is 4. The molecule has 1 aliphatic heterocycles. The molecule has 0 N–H and O–H groups in total. The molecule has 3 heterocycles. The standard InChI is InChI=1S/C21H23NO8S/c1-11-7-8-16(26-11)18-15(6-5-9-22-18)30-21-20(29-14(4)25)19(28-13(3)24)17(10-31-21)27-12(2)23/h5-9,17,19-21H,10H2,1-4H3/t17-,19+,20-,21?/m1/s1. The first kappa shape index (κ1) is 22.7. The molecule has 0 bridgehead atoms. The zero-order chi connectivity index (χ0) is 22.5. The van der Waals surface area contributed by atoms with Crippen LogP contribution in [-0.4, -0.2) is 52.4 Å². The summed E-state index contributed by atoms with van der Waals surface area (Å²) in [6, 6.07) is 7.00. The van der Waals surface area contributed by atoms with E-state index in [1.165, 1.54) is 32.5 Å². The molecule has 0 amide bonds. The average Bonchev–Trinajstić information content (AvgIpc) is 3.12. The summed E-state index contributed by atoms with van der Waals surface area (Å²) in [7, 11) is 0. The van der Waals surface area contributed by atoms with Gasteiger partial charge in [-0.3, -0.25) is 14.4 Å². The van der Waals surface area contributed by atoms with Crippen LogP contribution in [0.4, 0.5) is 0 Å². The maximum absolute atomic E-state index is 11.8. The van der Waals surface area contributed by atoms with Gasteiger partial charge in [0.05, 0.1) is 0 Å². The Bertz CT molecular complexity index is 958. The minimum atomic E-state index is -1.03. The predicted octanol–water partition coefficient (Wildman–Crippen LogP) is 2.90. The molecule has 2 aromatic rings. The molecular weight excluding hydrogens is 426 g/mol. The maximum Gasteiger partial charge on any atom is 0.303 e. The van der Waals surface area contributed by atoms with Gasteiger partial charge < -0.3 is 23.4 Å². The van der Waals surface area contributed by atoms with Crippen LogP contribution < -0.4 is 4.74 Å². The van der Waals surface area contributed by atoms with Crippen molar-refractivity contribution in [3.05, 3.63) is 36.2 Å². The molecule has 2 aromatic heterocycles. The van der Waals surface area contributed by atoms with Gasteiger partial charge in [0.15, 0.2) is 35.3 Å². The van der Waals surface area contributed by atoms with E-state index < -0.39 is 41.7 Å². The fourth-order valence-corrected chi connectivity index (χ4v) is 4.38. The van der Waals surface area contributed by atoms with Gasteiger partial charge in [0.2, 0.25) is 0 Å². The van der Waals surface area contributed by atoms with Crippen molar-refractivity contribution >= 4 is 29.7 Å². The number of esters is 3. The zero-order valence-electron chi connectivity index (χ0n) is 17.5. The van der Waals surface area contributed by atoms with Gasteiger partial charge in [-0.15, -0.1) is 11.8 Å². The Morgan fingerprint density at radius 3 is 2.29 bits per heavy atom. The summed E-state index contributed by atoms with van der Waals surface area (Å²) in [5, 5.41) is 0. The number of thioether (sulfide) groups is 1. The van der Waals surface area contributed by atoms with Gasteiger partial charge in [-0.1, -0.05) is 0 Å². The molecule has 0 radical (unpaired) electrons. The van der Waals surface area contributed by atoms with Crippen LogP contribution in [0.5, 0.6) is 5.75 Å². The Balaban J connectivity index is 1.92. The average molecular weight is 449 g/mol. The van der Waals surface area contributed by atoms with E-state index >= 15 is 0 Å². The van der Waals surface area contributed by atoms with Crippen LogP contribution in [-0.2, 0) is 28.6 Å². The first-order valence-electron chi connectivity index (χ1n) is 9.56. The number of pyridine rings is 1. The van der Waals surface area contributed by atoms with Crippen LogP contribution in [0.15, 0.2) is 34.9 Å². The highest BCUT2D eigenvalue weighted by atomic mass is 32.2. The number of nitrogens with zero attached hydrogens (tertiary/aromatic N) is 1. The fourth-order valence-electron chi connectivity index (χ4n) is 3.17. The lowest BCUT2D eigenvalue weighted by molar-refractivity contribution is -0.186. The molecule has 9 nitrogen and oxygen atoms in total. The van der Waals surface area contributed by atoms with Gasteiger partial charge in [0.25, 0.3) is 0 Å². The lowest BCUT2D eigenvalue weighted by atomic mass is 10.1. The van der Waals surface area contributed by atoms with Crippen LogP contribution in [0.3, 0.4) is 0 Å². The molecular formula is C21H23NO8S. The normalized spacial score (nSPS) is 23.0. The van der Waals surface area contributed by atoms with Crippen molar-refractivity contribution in [1.29, 1.82) is 0 Å². The highest BCUT2D eigenvalue weighted by Crippen LogP contribution is 2.37. The SMILES string of the molecule is CC(=O)O[C@H]1[C@H](OC(C)=O)CSC(Oc2cccnc2-c2ccc(C)o2)[C@@H]1OC(C)=O. The van der Waals surface area contributed by atoms with Gasteiger partial charge in [-0.25, -0.2) is 4.98 Å². The predicted molar refractivity (Wildman–Crippen MR) is 110 cm³/mol. The van der Waals surface area contributed by atoms with Crippen molar-refractivity contribution in [1.82, 2.24) is 4.98 Å². The van der Waals surface area contributed by atoms with Gasteiger partial charge in [-0.05, 0) is 31.2 Å². The summed E-state index contributed by atoms with van der Waals surface area (Å²) in [5.74, 6) is 0.189. The lowest BCUT2D eigenvalue weighted by Gasteiger charge is -2.40. The second kappa shape index (κ2) is 9.86. The molecule has 31 heavy (non-hydrogen) atoms. The highest BCUT2D eigenvalue weighted by Gasteiger charge is 2.47. The third-order valence-corrected chi connectivity index (χ3v) is 5.51. The van der Waals surface area contributed by atoms with Gasteiger partial charge in [-0.2, -0.15) is 0 Å². The number of carbonyl (C=O) groups is 3. The van der Waals surface area contributed by atoms with Crippen molar-refractivity contribution in [2.24, 2.45) is 0 Å². The largest absolute Gasteiger partial charge is 0.473 e. The van der Waals surface area contributed by atoms with Gasteiger partial charge >= 0.3 is 17.9 Å². The van der Waals surface area contributed by atoms with Gasteiger partial charge in [0.1, 0.15) is 11.5 Å². The number of hydrogen-bond donors (Lipinski definition) is 0. The quantitative estimate of drug-likeness (QED) is 0.482. The third-order valence-electron chi connectivity index (χ3n) is 4.29. The maximum atomic E-state index is 11.8. The Labute approximate surface area is 183 Å². The van der Waals surface area contributed by atoms with Crippen molar-refractivity contribution in [2.45, 2.75) is 51.4 Å². The van der Waals surface area contributed by atoms with E-state index in [1.54, 1.807) is 24.4 Å². The zero-order valence-corrected chi connectivity index (χ0v) is 18.3. The molecule has 10 heteroatoms. The fraction of sp³-hybridized carbons (Fsp3) is 0.429. The monoisotopic (exact) mass is 449 g/mol. The van der Waals surface area contributed by atoms with Crippen LogP contribution in [0.25, 0.3) is 11.5 Å². The van der Waals surface area contributed by atoms with E-state index in [9.17, 15) is 14.4 Å². The number of furan rings is 1. The van der Waals surface area contributed by atoms with E-state index in [0.717, 1.165) is 5.76 Å². The molecule has 1 fully saturated rings. The number of aryl methyl sites for hydroxylation is 1. The summed E-state index contributed by atoms with van der Waals surface area (Å²) >= 11 is 1.27. The molecule has 0 aromatic carbocycles. The number of hydrogen-bond acceptors (Lipinski definition) is 10. The summed E-state index contributed by atoms with van der Waals surface area (Å²) in [5.41, 5.74) is -0.275. The molecule has 166 valence electrons. The topological polar surface area (TPSA) is 114 Å². The molecule has 1 saturated heterocycles. The highest BCUT2D eigenvalue weighted by molar-refractivity contribution is 7.99. The van der Waals surface area contributed by atoms with Crippen LogP contribution in [0.2, 0.25) is 0 Å². The second-order valence-corrected chi connectivity index (χ2v) is 8.01. The second-order valence-electron chi connectivity index (χ2n) is 6.88. The minimum absolute atomic E-state index is 0.273. The molecule has 3 rings (SSSR count). The molecule has 4 atom stereocenters. The van der Waals surface area contributed by atoms with E-state index in [-0.39, 0.29) is 5.75 Å². The molecule has 1 aliphatic rings. The molecule has 0 saturated carbocycles. The summed E-state index contributed by atoms with van der Waals surface area (Å²) < 4.78 is 28.0. The van der Waals surface area contributed by atoms with Crippen molar-refractivity contribution < 1.29 is 37.7 Å². The van der Waals surface area contributed by atoms with Crippen molar-refractivity contribution in [3.8, 4) is 17.2 Å². The van der Waals surface area contributed by atoms with Crippen molar-refractivity contribution in [2.75, 3.05) is 5.75 Å². The van der Waals surface area contributed by atoms with Crippen molar-refractivity contribution in [3.63, 3.8) is 0 Å². The van der Waals surface area contributed by atoms with E-state index in [2.05, 4.69) is 4.98 Å². The molecule has 1 unspecified atom stereocenters. The first-order valence-corrected chi connectivity index (χ1v) is 10.6. The Morgan fingerprint density at radius 1 is 1.00 bits per heavy atom. The number of rotatable bonds is 6. The Morgan fingerprint density at radius 2 is 1.68 bits per heavy atom. The van der Waals surface area contributed by atoms with E-state index in [0.29, 0.717) is 17.2 Å².